The molecule has 0 aromatic heterocycles. The Balaban J connectivity index is 0.00000400. The topological polar surface area (TPSA) is 72.2 Å². The van der Waals surface area contributed by atoms with Gasteiger partial charge in [-0.15, -0.1) is 24.2 Å². The van der Waals surface area contributed by atoms with Crippen LogP contribution in [-0.2, 0) is 4.79 Å². The molecule has 0 aliphatic heterocycles. The third-order valence-electron chi connectivity index (χ3n) is 2.62. The van der Waals surface area contributed by atoms with Crippen molar-refractivity contribution in [2.75, 3.05) is 18.1 Å². The molecule has 0 heterocycles. The molecule has 0 aliphatic carbocycles. The number of hydrogen-bond donors (Lipinski definition) is 2. The zero-order chi connectivity index (χ0) is 15.2. The van der Waals surface area contributed by atoms with Gasteiger partial charge in [0.25, 0.3) is 0 Å². The lowest BCUT2D eigenvalue weighted by atomic mass is 10.1. The van der Waals surface area contributed by atoms with Gasteiger partial charge in [0, 0.05) is 22.7 Å². The Kier molecular flexibility index (Phi) is 8.97. The average Bonchev–Trinajstić information content (AvgIpc) is 2.38. The van der Waals surface area contributed by atoms with Crippen LogP contribution in [0.15, 0.2) is 24.3 Å². The van der Waals surface area contributed by atoms with Gasteiger partial charge in [0.15, 0.2) is 5.78 Å². The SMILES string of the molecule is CC(C)(CN)NC(=O)CSCC(=O)c1ccc(Cl)cc1.Cl. The summed E-state index contributed by atoms with van der Waals surface area (Å²) >= 11 is 7.04. The zero-order valence-corrected chi connectivity index (χ0v) is 14.4. The summed E-state index contributed by atoms with van der Waals surface area (Å²) in [5.74, 6) is 0.368. The van der Waals surface area contributed by atoms with Crippen molar-refractivity contribution >= 4 is 47.5 Å². The first kappa shape index (κ1) is 20.2. The summed E-state index contributed by atoms with van der Waals surface area (Å²) in [7, 11) is 0. The fourth-order valence-electron chi connectivity index (χ4n) is 1.42. The van der Waals surface area contributed by atoms with Gasteiger partial charge >= 0.3 is 0 Å². The number of Topliss-reactive ketones (excluding diaryl/α,β-unsaturated/α-hetero) is 1. The molecule has 0 saturated heterocycles. The maximum absolute atomic E-state index is 11.9. The number of benzene rings is 1. The van der Waals surface area contributed by atoms with E-state index in [1.54, 1.807) is 24.3 Å². The van der Waals surface area contributed by atoms with E-state index in [1.807, 2.05) is 13.8 Å². The molecule has 0 aliphatic rings. The predicted octanol–water partition coefficient (Wildman–Crippen LogP) is 2.53. The van der Waals surface area contributed by atoms with Gasteiger partial charge in [-0.2, -0.15) is 0 Å². The van der Waals surface area contributed by atoms with E-state index in [1.165, 1.54) is 11.8 Å². The van der Waals surface area contributed by atoms with Crippen molar-refractivity contribution in [3.8, 4) is 0 Å². The van der Waals surface area contributed by atoms with E-state index in [2.05, 4.69) is 5.32 Å². The van der Waals surface area contributed by atoms with Gasteiger partial charge in [0.05, 0.1) is 11.5 Å². The second-order valence-electron chi connectivity index (χ2n) is 5.06. The molecule has 1 rings (SSSR count). The van der Waals surface area contributed by atoms with Crippen LogP contribution in [0, 0.1) is 0 Å². The summed E-state index contributed by atoms with van der Waals surface area (Å²) in [4.78, 5) is 23.5. The summed E-state index contributed by atoms with van der Waals surface area (Å²) < 4.78 is 0. The van der Waals surface area contributed by atoms with Crippen molar-refractivity contribution in [1.82, 2.24) is 5.32 Å². The molecule has 0 saturated carbocycles. The molecule has 1 amide bonds. The second kappa shape index (κ2) is 9.30. The van der Waals surface area contributed by atoms with Crippen LogP contribution < -0.4 is 11.1 Å². The fraction of sp³-hybridized carbons (Fsp3) is 0.429. The highest BCUT2D eigenvalue weighted by atomic mass is 35.5. The molecular weight excluding hydrogens is 331 g/mol. The van der Waals surface area contributed by atoms with Crippen LogP contribution in [0.25, 0.3) is 0 Å². The van der Waals surface area contributed by atoms with Crippen molar-refractivity contribution in [3.05, 3.63) is 34.9 Å². The van der Waals surface area contributed by atoms with Gasteiger partial charge in [-0.3, -0.25) is 9.59 Å². The van der Waals surface area contributed by atoms with Crippen molar-refractivity contribution in [2.45, 2.75) is 19.4 Å². The molecule has 118 valence electrons. The molecule has 0 unspecified atom stereocenters. The number of halogens is 2. The first-order valence-corrected chi connectivity index (χ1v) is 7.75. The Morgan fingerprint density at radius 1 is 1.24 bits per heavy atom. The second-order valence-corrected chi connectivity index (χ2v) is 6.48. The normalized spacial score (nSPS) is 10.7. The smallest absolute Gasteiger partial charge is 0.230 e. The molecule has 0 atom stereocenters. The summed E-state index contributed by atoms with van der Waals surface area (Å²) in [6, 6.07) is 6.72. The summed E-state index contributed by atoms with van der Waals surface area (Å²) in [5.41, 5.74) is 5.72. The van der Waals surface area contributed by atoms with Crippen LogP contribution in [0.1, 0.15) is 24.2 Å². The molecular formula is C14H20Cl2N2O2S. The molecule has 0 radical (unpaired) electrons. The number of carbonyl (C=O) groups is 2. The van der Waals surface area contributed by atoms with E-state index in [9.17, 15) is 9.59 Å². The number of ketones is 1. The highest BCUT2D eigenvalue weighted by Gasteiger charge is 2.18. The maximum Gasteiger partial charge on any atom is 0.230 e. The van der Waals surface area contributed by atoms with Crippen molar-refractivity contribution in [3.63, 3.8) is 0 Å². The highest BCUT2D eigenvalue weighted by molar-refractivity contribution is 8.00. The van der Waals surface area contributed by atoms with E-state index in [4.69, 9.17) is 17.3 Å². The number of hydrogen-bond acceptors (Lipinski definition) is 4. The van der Waals surface area contributed by atoms with Gasteiger partial charge in [0.1, 0.15) is 0 Å². The van der Waals surface area contributed by atoms with E-state index in [0.717, 1.165) is 0 Å². The van der Waals surface area contributed by atoms with Crippen molar-refractivity contribution < 1.29 is 9.59 Å². The number of nitrogens with two attached hydrogens (primary N) is 1. The quantitative estimate of drug-likeness (QED) is 0.741. The van der Waals surface area contributed by atoms with Crippen molar-refractivity contribution in [1.29, 1.82) is 0 Å². The molecule has 4 nitrogen and oxygen atoms in total. The van der Waals surface area contributed by atoms with E-state index < -0.39 is 5.54 Å². The van der Waals surface area contributed by atoms with Crippen LogP contribution in [0.2, 0.25) is 5.02 Å². The molecule has 1 aromatic rings. The standard InChI is InChI=1S/C14H19ClN2O2S.ClH/c1-14(2,9-16)17-13(19)8-20-7-12(18)10-3-5-11(15)6-4-10;/h3-6H,7-9,16H2,1-2H3,(H,17,19);1H. The summed E-state index contributed by atoms with van der Waals surface area (Å²) in [6.07, 6.45) is 0. The number of rotatable bonds is 7. The molecule has 7 heteroatoms. The van der Waals surface area contributed by atoms with E-state index in [0.29, 0.717) is 17.1 Å². The minimum absolute atomic E-state index is 0. The molecule has 3 N–H and O–H groups in total. The lowest BCUT2D eigenvalue weighted by Gasteiger charge is -2.23. The van der Waals surface area contributed by atoms with Crippen LogP contribution in [0.4, 0.5) is 0 Å². The fourth-order valence-corrected chi connectivity index (χ4v) is 2.26. The van der Waals surface area contributed by atoms with Crippen LogP contribution in [-0.4, -0.2) is 35.3 Å². The van der Waals surface area contributed by atoms with Gasteiger partial charge in [-0.05, 0) is 38.1 Å². The Morgan fingerprint density at radius 2 is 1.81 bits per heavy atom. The maximum atomic E-state index is 11.9. The number of thioether (sulfide) groups is 1. The third-order valence-corrected chi connectivity index (χ3v) is 3.81. The monoisotopic (exact) mass is 350 g/mol. The van der Waals surface area contributed by atoms with E-state index in [-0.39, 0.29) is 35.6 Å². The van der Waals surface area contributed by atoms with Gasteiger partial charge in [-0.1, -0.05) is 11.6 Å². The van der Waals surface area contributed by atoms with Crippen LogP contribution in [0.5, 0.6) is 0 Å². The molecule has 1 aromatic carbocycles. The lowest BCUT2D eigenvalue weighted by Crippen LogP contribution is -2.49. The molecule has 0 fully saturated rings. The Hall–Kier alpha value is -0.750. The first-order chi connectivity index (χ1) is 9.34. The highest BCUT2D eigenvalue weighted by Crippen LogP contribution is 2.12. The predicted molar refractivity (Wildman–Crippen MR) is 91.6 cm³/mol. The van der Waals surface area contributed by atoms with Crippen LogP contribution in [0.3, 0.4) is 0 Å². The Morgan fingerprint density at radius 3 is 2.33 bits per heavy atom. The molecule has 0 bridgehead atoms. The van der Waals surface area contributed by atoms with Crippen molar-refractivity contribution in [2.24, 2.45) is 5.73 Å². The largest absolute Gasteiger partial charge is 0.349 e. The minimum atomic E-state index is -0.419. The summed E-state index contributed by atoms with van der Waals surface area (Å²) in [5, 5.41) is 3.41. The summed E-state index contributed by atoms with van der Waals surface area (Å²) in [6.45, 7) is 4.08. The lowest BCUT2D eigenvalue weighted by molar-refractivity contribution is -0.120. The first-order valence-electron chi connectivity index (χ1n) is 6.21. The minimum Gasteiger partial charge on any atom is -0.349 e. The third kappa shape index (κ3) is 7.71. The molecule has 21 heavy (non-hydrogen) atoms. The number of amides is 1. The Bertz CT molecular complexity index is 478. The van der Waals surface area contributed by atoms with E-state index >= 15 is 0 Å². The van der Waals surface area contributed by atoms with Gasteiger partial charge in [0.2, 0.25) is 5.91 Å². The average molecular weight is 351 g/mol. The van der Waals surface area contributed by atoms with Gasteiger partial charge in [-0.25, -0.2) is 0 Å². The van der Waals surface area contributed by atoms with Gasteiger partial charge < -0.3 is 11.1 Å². The zero-order valence-electron chi connectivity index (χ0n) is 12.0. The van der Waals surface area contributed by atoms with Crippen LogP contribution >= 0.6 is 35.8 Å². The number of nitrogens with one attached hydrogen (secondary N) is 1. The Labute approximate surface area is 140 Å². The number of carbonyl (C=O) groups excluding carboxylic acids is 2. The molecule has 0 spiro atoms.